The van der Waals surface area contributed by atoms with Gasteiger partial charge in [0, 0.05) is 0 Å². The predicted molar refractivity (Wildman–Crippen MR) is 20.0 cm³/mol. The van der Waals surface area contributed by atoms with Gasteiger partial charge in [-0.05, 0) is 0 Å². The van der Waals surface area contributed by atoms with E-state index in [1.165, 1.54) is 14.2 Å². The Morgan fingerprint density at radius 2 is 1.12 bits per heavy atom. The average Bonchev–Trinajstić information content (AvgIpc) is 1.75. The Morgan fingerprint density at radius 1 is 1.12 bits per heavy atom. The molecule has 0 heterocycles. The summed E-state index contributed by atoms with van der Waals surface area (Å²) in [7, 11) is 2.36. The fourth-order valence-corrected chi connectivity index (χ4v) is 0. The number of rotatable bonds is 0. The monoisotopic (exact) mass is 160 g/mol. The number of hydrogen-bond donors (Lipinski definition) is 2. The molecule has 0 amide bonds. The van der Waals surface area contributed by atoms with Crippen LogP contribution >= 0.6 is 0 Å². The van der Waals surface area contributed by atoms with E-state index in [2.05, 4.69) is 9.78 Å². The molecule has 0 aromatic heterocycles. The van der Waals surface area contributed by atoms with Crippen LogP contribution in [0.25, 0.3) is 0 Å². The van der Waals surface area contributed by atoms with E-state index in [4.69, 9.17) is 13.8 Å². The van der Waals surface area contributed by atoms with Crippen molar-refractivity contribution in [1.29, 1.82) is 0 Å². The van der Waals surface area contributed by atoms with Gasteiger partial charge in [0.25, 0.3) is 0 Å². The van der Waals surface area contributed by atoms with Crippen molar-refractivity contribution in [2.45, 2.75) is 0 Å². The van der Waals surface area contributed by atoms with Crippen molar-refractivity contribution in [2.75, 3.05) is 14.2 Å². The van der Waals surface area contributed by atoms with Crippen LogP contribution in [0.15, 0.2) is 0 Å². The Kier molecular flexibility index (Phi) is 106. The summed E-state index contributed by atoms with van der Waals surface area (Å²) in [6.45, 7) is 0. The molecular formula is C2H8O5Ti. The normalized spacial score (nSPS) is 4.88. The molecule has 0 aliphatic rings. The topological polar surface area (TPSA) is 76.0 Å². The minimum atomic E-state index is 0.750. The second kappa shape index (κ2) is 53.6. The molecule has 0 aliphatic carbocycles. The van der Waals surface area contributed by atoms with Crippen LogP contribution in [0, 0.1) is 0 Å². The molecule has 50 valence electrons. The second-order valence-electron chi connectivity index (χ2n) is 0.365. The average molecular weight is 160 g/mol. The molecule has 0 spiro atoms. The van der Waals surface area contributed by atoms with Gasteiger partial charge in [-0.15, -0.1) is 0 Å². The quantitative estimate of drug-likeness (QED) is 0.298. The molecule has 5 nitrogen and oxygen atoms in total. The maximum absolute atomic E-state index is 8.25. The molecule has 0 saturated carbocycles. The van der Waals surface area contributed by atoms with Gasteiger partial charge in [-0.25, -0.2) is 9.78 Å². The van der Waals surface area contributed by atoms with Crippen LogP contribution in [0.5, 0.6) is 0 Å². The van der Waals surface area contributed by atoms with Crippen LogP contribution < -0.4 is 0 Å². The molecule has 0 atom stereocenters. The summed E-state index contributed by atoms with van der Waals surface area (Å²) in [5.41, 5.74) is 0. The van der Waals surface area contributed by atoms with Gasteiger partial charge in [0.1, 0.15) is 0 Å². The fourth-order valence-electron chi connectivity index (χ4n) is 0. The Labute approximate surface area is 58.8 Å². The van der Waals surface area contributed by atoms with E-state index < -0.39 is 0 Å². The van der Waals surface area contributed by atoms with E-state index in [0.29, 0.717) is 0 Å². The van der Waals surface area contributed by atoms with Crippen LogP contribution in [0.3, 0.4) is 0 Å². The molecule has 0 aliphatic heterocycles. The molecule has 0 unspecified atom stereocenters. The molecular weight excluding hydrogens is 152 g/mol. The molecule has 0 radical (unpaired) electrons. The van der Waals surface area contributed by atoms with Gasteiger partial charge in [-0.1, -0.05) is 0 Å². The standard InChI is InChI=1S/2CH4O2.O.Ti/c2*1-3-2;;/h2*2H,1H3;;. The Bertz CT molecular complexity index is 17.9. The Morgan fingerprint density at radius 3 is 1.12 bits per heavy atom. The molecule has 2 N–H and O–H groups in total. The van der Waals surface area contributed by atoms with Crippen molar-refractivity contribution in [3.63, 3.8) is 0 Å². The first-order valence-electron chi connectivity index (χ1n) is 1.39. The summed E-state index contributed by atoms with van der Waals surface area (Å²) in [6, 6.07) is 0. The molecule has 0 fully saturated rings. The van der Waals surface area contributed by atoms with E-state index in [9.17, 15) is 0 Å². The van der Waals surface area contributed by atoms with Crippen molar-refractivity contribution >= 4 is 0 Å². The maximum atomic E-state index is 8.25. The molecule has 0 aromatic rings. The van der Waals surface area contributed by atoms with Crippen molar-refractivity contribution in [3.05, 3.63) is 0 Å². The van der Waals surface area contributed by atoms with Crippen LogP contribution in [0.2, 0.25) is 0 Å². The minimum absolute atomic E-state index is 0.750. The van der Waals surface area contributed by atoms with E-state index in [1.54, 1.807) is 0 Å². The van der Waals surface area contributed by atoms with Gasteiger partial charge >= 0.3 is 23.7 Å². The van der Waals surface area contributed by atoms with Gasteiger partial charge in [0.05, 0.1) is 14.2 Å². The molecule has 6 heteroatoms. The Hall–Kier alpha value is 0.354. The van der Waals surface area contributed by atoms with Crippen LogP contribution in [0.4, 0.5) is 0 Å². The zero-order valence-corrected chi connectivity index (χ0v) is 6.18. The zero-order valence-electron chi connectivity index (χ0n) is 4.62. The summed E-state index contributed by atoms with van der Waals surface area (Å²) in [6.07, 6.45) is 0. The van der Waals surface area contributed by atoms with Crippen molar-refractivity contribution in [3.8, 4) is 0 Å². The third-order valence-corrected chi connectivity index (χ3v) is 0. The summed E-state index contributed by atoms with van der Waals surface area (Å²) >= 11 is 0.750. The van der Waals surface area contributed by atoms with E-state index >= 15 is 0 Å². The van der Waals surface area contributed by atoms with Crippen molar-refractivity contribution in [1.82, 2.24) is 0 Å². The third kappa shape index (κ3) is 1450. The fraction of sp³-hybridized carbons (Fsp3) is 1.00. The van der Waals surface area contributed by atoms with Gasteiger partial charge in [-0.2, -0.15) is 0 Å². The predicted octanol–water partition coefficient (Wildman–Crippen LogP) is 0.0903. The second-order valence-corrected chi connectivity index (χ2v) is 0.365. The SMILES string of the molecule is COO.COO.[O]=[Ti]. The first-order chi connectivity index (χ1) is 3.83. The molecule has 0 rings (SSSR count). The van der Waals surface area contributed by atoms with Gasteiger partial charge < -0.3 is 0 Å². The Balaban J connectivity index is -0.0000000483. The zero-order chi connectivity index (χ0) is 7.41. The van der Waals surface area contributed by atoms with Gasteiger partial charge in [0.15, 0.2) is 0 Å². The summed E-state index contributed by atoms with van der Waals surface area (Å²) in [4.78, 5) is 6.50. The first-order valence-corrected chi connectivity index (χ1v) is 2.02. The summed E-state index contributed by atoms with van der Waals surface area (Å²) in [5, 5.41) is 14.1. The van der Waals surface area contributed by atoms with Crippen LogP contribution in [0.1, 0.15) is 0 Å². The molecule has 0 saturated heterocycles. The first kappa shape index (κ1) is 15.8. The van der Waals surface area contributed by atoms with E-state index in [-0.39, 0.29) is 0 Å². The van der Waals surface area contributed by atoms with Crippen LogP contribution in [-0.2, 0) is 33.5 Å². The van der Waals surface area contributed by atoms with Crippen LogP contribution in [-0.4, -0.2) is 24.7 Å². The van der Waals surface area contributed by atoms with Gasteiger partial charge in [0.2, 0.25) is 0 Å². The van der Waals surface area contributed by atoms with Crippen molar-refractivity contribution in [2.24, 2.45) is 0 Å². The molecule has 0 aromatic carbocycles. The third-order valence-electron chi connectivity index (χ3n) is 0. The molecule has 8 heavy (non-hydrogen) atoms. The van der Waals surface area contributed by atoms with Gasteiger partial charge in [-0.3, -0.25) is 10.5 Å². The molecule has 0 bridgehead atoms. The number of hydrogen-bond acceptors (Lipinski definition) is 5. The van der Waals surface area contributed by atoms with E-state index in [0.717, 1.165) is 20.4 Å². The summed E-state index contributed by atoms with van der Waals surface area (Å²) in [5.74, 6) is 0. The summed E-state index contributed by atoms with van der Waals surface area (Å²) < 4.78 is 8.25. The van der Waals surface area contributed by atoms with E-state index in [1.807, 2.05) is 0 Å². The van der Waals surface area contributed by atoms with Crippen molar-refractivity contribution < 1.29 is 44.0 Å².